The summed E-state index contributed by atoms with van der Waals surface area (Å²) in [6.45, 7) is 4.54. The van der Waals surface area contributed by atoms with E-state index in [-0.39, 0.29) is 0 Å². The molecule has 3 atom stereocenters. The van der Waals surface area contributed by atoms with Crippen molar-refractivity contribution in [2.75, 3.05) is 27.2 Å². The first-order chi connectivity index (χ1) is 8.16. The highest BCUT2D eigenvalue weighted by molar-refractivity contribution is 5.25. The summed E-state index contributed by atoms with van der Waals surface area (Å²) in [4.78, 5) is 2.24. The SMILES string of the molecule is CC(CN(C)C)NCC1CC1c1ccccc1. The highest BCUT2D eigenvalue weighted by Crippen LogP contribution is 2.46. The molecule has 0 aliphatic heterocycles. The van der Waals surface area contributed by atoms with Gasteiger partial charge in [0.2, 0.25) is 0 Å². The molecule has 1 aromatic rings. The van der Waals surface area contributed by atoms with E-state index in [1.165, 1.54) is 12.0 Å². The van der Waals surface area contributed by atoms with Crippen LogP contribution in [0.1, 0.15) is 24.8 Å². The van der Waals surface area contributed by atoms with Crippen molar-refractivity contribution in [3.8, 4) is 0 Å². The van der Waals surface area contributed by atoms with Gasteiger partial charge in [-0.15, -0.1) is 0 Å². The average Bonchev–Trinajstić information content (AvgIpc) is 3.06. The Hall–Kier alpha value is -0.860. The first-order valence-electron chi connectivity index (χ1n) is 6.60. The van der Waals surface area contributed by atoms with Crippen LogP contribution in [0.5, 0.6) is 0 Å². The van der Waals surface area contributed by atoms with Gasteiger partial charge in [0.15, 0.2) is 0 Å². The summed E-state index contributed by atoms with van der Waals surface area (Å²) in [5, 5.41) is 3.63. The third kappa shape index (κ3) is 3.83. The fourth-order valence-corrected chi connectivity index (χ4v) is 2.55. The van der Waals surface area contributed by atoms with E-state index in [4.69, 9.17) is 0 Å². The molecule has 2 rings (SSSR count). The van der Waals surface area contributed by atoms with Crippen molar-refractivity contribution in [2.45, 2.75) is 25.3 Å². The number of hydrogen-bond donors (Lipinski definition) is 1. The Kier molecular flexibility index (Phi) is 4.19. The predicted molar refractivity (Wildman–Crippen MR) is 73.3 cm³/mol. The van der Waals surface area contributed by atoms with Gasteiger partial charge in [0.25, 0.3) is 0 Å². The van der Waals surface area contributed by atoms with Gasteiger partial charge < -0.3 is 10.2 Å². The molecule has 2 nitrogen and oxygen atoms in total. The Morgan fingerprint density at radius 3 is 2.65 bits per heavy atom. The van der Waals surface area contributed by atoms with Crippen LogP contribution in [0.3, 0.4) is 0 Å². The van der Waals surface area contributed by atoms with E-state index < -0.39 is 0 Å². The molecule has 0 heterocycles. The van der Waals surface area contributed by atoms with Gasteiger partial charge in [-0.1, -0.05) is 30.3 Å². The Morgan fingerprint density at radius 2 is 2.00 bits per heavy atom. The van der Waals surface area contributed by atoms with E-state index >= 15 is 0 Å². The Bertz CT molecular complexity index is 334. The van der Waals surface area contributed by atoms with Gasteiger partial charge in [0.1, 0.15) is 0 Å². The molecule has 1 aromatic carbocycles. The maximum atomic E-state index is 3.63. The minimum absolute atomic E-state index is 0.585. The van der Waals surface area contributed by atoms with Crippen LogP contribution in [0.25, 0.3) is 0 Å². The van der Waals surface area contributed by atoms with E-state index in [0.717, 1.165) is 24.9 Å². The van der Waals surface area contributed by atoms with Gasteiger partial charge in [-0.2, -0.15) is 0 Å². The zero-order chi connectivity index (χ0) is 12.3. The molecular weight excluding hydrogens is 208 g/mol. The summed E-state index contributed by atoms with van der Waals surface area (Å²) >= 11 is 0. The average molecular weight is 232 g/mol. The first kappa shape index (κ1) is 12.6. The van der Waals surface area contributed by atoms with Crippen LogP contribution in [0.4, 0.5) is 0 Å². The number of benzene rings is 1. The molecule has 0 aromatic heterocycles. The summed E-state index contributed by atoms with van der Waals surface area (Å²) in [5.74, 6) is 1.65. The smallest absolute Gasteiger partial charge is 0.0166 e. The lowest BCUT2D eigenvalue weighted by atomic mass is 10.1. The van der Waals surface area contributed by atoms with Crippen LogP contribution in [-0.2, 0) is 0 Å². The van der Waals surface area contributed by atoms with Crippen molar-refractivity contribution in [2.24, 2.45) is 5.92 Å². The molecule has 17 heavy (non-hydrogen) atoms. The fourth-order valence-electron chi connectivity index (χ4n) is 2.55. The summed E-state index contributed by atoms with van der Waals surface area (Å²) in [7, 11) is 4.25. The number of likely N-dealkylation sites (N-methyl/N-ethyl adjacent to an activating group) is 1. The quantitative estimate of drug-likeness (QED) is 0.810. The highest BCUT2D eigenvalue weighted by Gasteiger charge is 2.37. The molecule has 1 aliphatic rings. The van der Waals surface area contributed by atoms with E-state index in [9.17, 15) is 0 Å². The molecule has 0 spiro atoms. The van der Waals surface area contributed by atoms with Crippen molar-refractivity contribution < 1.29 is 0 Å². The fraction of sp³-hybridized carbons (Fsp3) is 0.600. The van der Waals surface area contributed by atoms with Gasteiger partial charge in [-0.05, 0) is 51.4 Å². The van der Waals surface area contributed by atoms with Crippen molar-refractivity contribution in [3.05, 3.63) is 35.9 Å². The van der Waals surface area contributed by atoms with Gasteiger partial charge in [-0.25, -0.2) is 0 Å². The maximum Gasteiger partial charge on any atom is 0.0166 e. The van der Waals surface area contributed by atoms with Crippen LogP contribution < -0.4 is 5.32 Å². The number of hydrogen-bond acceptors (Lipinski definition) is 2. The second-order valence-electron chi connectivity index (χ2n) is 5.58. The maximum absolute atomic E-state index is 3.63. The van der Waals surface area contributed by atoms with Crippen molar-refractivity contribution in [3.63, 3.8) is 0 Å². The van der Waals surface area contributed by atoms with Gasteiger partial charge in [0, 0.05) is 12.6 Å². The zero-order valence-electron chi connectivity index (χ0n) is 11.2. The van der Waals surface area contributed by atoms with E-state index in [0.29, 0.717) is 6.04 Å². The van der Waals surface area contributed by atoms with Crippen LogP contribution in [-0.4, -0.2) is 38.1 Å². The molecule has 0 bridgehead atoms. The molecule has 1 fully saturated rings. The second-order valence-corrected chi connectivity index (χ2v) is 5.58. The second kappa shape index (κ2) is 5.65. The molecule has 2 heteroatoms. The van der Waals surface area contributed by atoms with Gasteiger partial charge in [0.05, 0.1) is 0 Å². The molecule has 0 amide bonds. The zero-order valence-corrected chi connectivity index (χ0v) is 11.2. The molecular formula is C15H24N2. The standard InChI is InChI=1S/C15H24N2/c1-12(11-17(2)3)16-10-14-9-15(14)13-7-5-4-6-8-13/h4-8,12,14-16H,9-11H2,1-3H3. The molecule has 1 N–H and O–H groups in total. The van der Waals surface area contributed by atoms with E-state index in [2.05, 4.69) is 61.6 Å². The van der Waals surface area contributed by atoms with Crippen LogP contribution in [0.2, 0.25) is 0 Å². The first-order valence-corrected chi connectivity index (χ1v) is 6.60. The summed E-state index contributed by atoms with van der Waals surface area (Å²) < 4.78 is 0. The largest absolute Gasteiger partial charge is 0.313 e. The molecule has 1 aliphatic carbocycles. The van der Waals surface area contributed by atoms with Gasteiger partial charge >= 0.3 is 0 Å². The minimum atomic E-state index is 0.585. The summed E-state index contributed by atoms with van der Waals surface area (Å²) in [6, 6.07) is 11.5. The van der Waals surface area contributed by atoms with Crippen molar-refractivity contribution in [1.29, 1.82) is 0 Å². The molecule has 0 radical (unpaired) electrons. The number of nitrogens with one attached hydrogen (secondary N) is 1. The molecule has 3 unspecified atom stereocenters. The van der Waals surface area contributed by atoms with E-state index in [1.807, 2.05) is 0 Å². The molecule has 0 saturated heterocycles. The molecule has 94 valence electrons. The van der Waals surface area contributed by atoms with Crippen LogP contribution in [0, 0.1) is 5.92 Å². The van der Waals surface area contributed by atoms with E-state index in [1.54, 1.807) is 0 Å². The van der Waals surface area contributed by atoms with Crippen LogP contribution >= 0.6 is 0 Å². The topological polar surface area (TPSA) is 15.3 Å². The summed E-state index contributed by atoms with van der Waals surface area (Å²) in [6.07, 6.45) is 1.35. The number of nitrogens with zero attached hydrogens (tertiary/aromatic N) is 1. The lowest BCUT2D eigenvalue weighted by Crippen LogP contribution is -2.36. The number of rotatable bonds is 6. The van der Waals surface area contributed by atoms with Crippen molar-refractivity contribution >= 4 is 0 Å². The normalized spacial score (nSPS) is 24.9. The summed E-state index contributed by atoms with van der Waals surface area (Å²) in [5.41, 5.74) is 1.51. The minimum Gasteiger partial charge on any atom is -0.313 e. The third-order valence-corrected chi connectivity index (χ3v) is 3.52. The lowest BCUT2D eigenvalue weighted by Gasteiger charge is -2.18. The Balaban J connectivity index is 1.70. The highest BCUT2D eigenvalue weighted by atomic mass is 15.1. The Morgan fingerprint density at radius 1 is 1.29 bits per heavy atom. The Labute approximate surface area is 105 Å². The monoisotopic (exact) mass is 232 g/mol. The van der Waals surface area contributed by atoms with Crippen molar-refractivity contribution in [1.82, 2.24) is 10.2 Å². The third-order valence-electron chi connectivity index (χ3n) is 3.52. The predicted octanol–water partition coefficient (Wildman–Crippen LogP) is 2.33. The lowest BCUT2D eigenvalue weighted by molar-refractivity contribution is 0.347. The van der Waals surface area contributed by atoms with Crippen LogP contribution in [0.15, 0.2) is 30.3 Å². The van der Waals surface area contributed by atoms with Gasteiger partial charge in [-0.3, -0.25) is 0 Å². The molecule has 1 saturated carbocycles.